The minimum absolute atomic E-state index is 0.0895. The van der Waals surface area contributed by atoms with Crippen molar-refractivity contribution in [3.05, 3.63) is 39.4 Å². The molecule has 1 aliphatic carbocycles. The zero-order valence-electron chi connectivity index (χ0n) is 8.68. The van der Waals surface area contributed by atoms with Gasteiger partial charge < -0.3 is 5.73 Å². The van der Waals surface area contributed by atoms with Gasteiger partial charge in [0, 0.05) is 17.7 Å². The molecular formula is C11H12N2O3. The van der Waals surface area contributed by atoms with Crippen molar-refractivity contribution in [2.75, 3.05) is 0 Å². The predicted octanol–water partition coefficient (Wildman–Crippen LogP) is 1.65. The van der Waals surface area contributed by atoms with Gasteiger partial charge in [-0.15, -0.1) is 0 Å². The Kier molecular flexibility index (Phi) is 2.60. The average Bonchev–Trinajstić information content (AvgIpc) is 3.01. The van der Waals surface area contributed by atoms with E-state index in [4.69, 9.17) is 5.73 Å². The molecular weight excluding hydrogens is 208 g/mol. The van der Waals surface area contributed by atoms with Crippen LogP contribution >= 0.6 is 0 Å². The Morgan fingerprint density at radius 3 is 2.69 bits per heavy atom. The van der Waals surface area contributed by atoms with Gasteiger partial charge in [0.25, 0.3) is 5.69 Å². The number of nitrogens with zero attached hydrogens (tertiary/aromatic N) is 1. The van der Waals surface area contributed by atoms with Gasteiger partial charge in [-0.3, -0.25) is 14.9 Å². The van der Waals surface area contributed by atoms with Crippen LogP contribution in [-0.4, -0.2) is 10.8 Å². The second-order valence-corrected chi connectivity index (χ2v) is 4.11. The molecule has 1 fully saturated rings. The lowest BCUT2D eigenvalue weighted by Crippen LogP contribution is -2.14. The van der Waals surface area contributed by atoms with Crippen LogP contribution in [-0.2, 0) is 6.42 Å². The van der Waals surface area contributed by atoms with Crippen LogP contribution in [0.5, 0.6) is 0 Å². The topological polar surface area (TPSA) is 86.2 Å². The Bertz CT molecular complexity index is 453. The Morgan fingerprint density at radius 2 is 2.19 bits per heavy atom. The smallest absolute Gasteiger partial charge is 0.270 e. The lowest BCUT2D eigenvalue weighted by molar-refractivity contribution is -0.384. The molecule has 16 heavy (non-hydrogen) atoms. The summed E-state index contributed by atoms with van der Waals surface area (Å²) in [5.74, 6) is 0.0129. The van der Waals surface area contributed by atoms with Crippen molar-refractivity contribution >= 4 is 11.6 Å². The lowest BCUT2D eigenvalue weighted by atomic mass is 10.0. The molecule has 0 saturated heterocycles. The van der Waals surface area contributed by atoms with Crippen molar-refractivity contribution in [1.29, 1.82) is 0 Å². The normalized spacial score (nSPS) is 14.8. The maximum absolute atomic E-state index is 11.2. The lowest BCUT2D eigenvalue weighted by Gasteiger charge is -2.05. The first kappa shape index (κ1) is 10.6. The molecule has 0 spiro atoms. The summed E-state index contributed by atoms with van der Waals surface area (Å²) in [6.07, 6.45) is 3.11. The molecule has 2 rings (SSSR count). The fourth-order valence-corrected chi connectivity index (χ4v) is 1.72. The molecule has 0 bridgehead atoms. The van der Waals surface area contributed by atoms with Crippen LogP contribution in [0.1, 0.15) is 28.8 Å². The van der Waals surface area contributed by atoms with Gasteiger partial charge in [0.1, 0.15) is 0 Å². The SMILES string of the molecule is NC(=O)c1cc([N+](=O)[O-])ccc1CC1CC1. The maximum atomic E-state index is 11.2. The molecule has 1 amide bonds. The van der Waals surface area contributed by atoms with E-state index in [0.29, 0.717) is 5.92 Å². The third kappa shape index (κ3) is 2.18. The van der Waals surface area contributed by atoms with Crippen molar-refractivity contribution < 1.29 is 9.72 Å². The van der Waals surface area contributed by atoms with Crippen LogP contribution in [0.3, 0.4) is 0 Å². The minimum atomic E-state index is -0.598. The van der Waals surface area contributed by atoms with Crippen LogP contribution in [0, 0.1) is 16.0 Å². The number of nitro benzene ring substituents is 1. The Labute approximate surface area is 92.4 Å². The number of hydrogen-bond acceptors (Lipinski definition) is 3. The first-order valence-electron chi connectivity index (χ1n) is 5.15. The van der Waals surface area contributed by atoms with Crippen LogP contribution < -0.4 is 5.73 Å². The van der Waals surface area contributed by atoms with Crippen LogP contribution in [0.2, 0.25) is 0 Å². The van der Waals surface area contributed by atoms with Gasteiger partial charge >= 0.3 is 0 Å². The van der Waals surface area contributed by atoms with Gasteiger partial charge in [0.2, 0.25) is 5.91 Å². The molecule has 1 aromatic carbocycles. The molecule has 0 unspecified atom stereocenters. The molecule has 5 nitrogen and oxygen atoms in total. The summed E-state index contributed by atoms with van der Waals surface area (Å²) >= 11 is 0. The van der Waals surface area contributed by atoms with Crippen LogP contribution in [0.25, 0.3) is 0 Å². The van der Waals surface area contributed by atoms with E-state index in [-0.39, 0.29) is 11.3 Å². The fraction of sp³-hybridized carbons (Fsp3) is 0.364. The van der Waals surface area contributed by atoms with Crippen molar-refractivity contribution in [3.63, 3.8) is 0 Å². The van der Waals surface area contributed by atoms with E-state index in [1.54, 1.807) is 6.07 Å². The van der Waals surface area contributed by atoms with Crippen molar-refractivity contribution in [2.24, 2.45) is 11.7 Å². The number of amides is 1. The number of carbonyl (C=O) groups excluding carboxylic acids is 1. The summed E-state index contributed by atoms with van der Waals surface area (Å²) in [7, 11) is 0. The molecule has 2 N–H and O–H groups in total. The number of primary amides is 1. The summed E-state index contributed by atoms with van der Waals surface area (Å²) < 4.78 is 0. The van der Waals surface area contributed by atoms with E-state index in [2.05, 4.69) is 0 Å². The maximum Gasteiger partial charge on any atom is 0.270 e. The van der Waals surface area contributed by atoms with E-state index in [1.807, 2.05) is 0 Å². The number of carbonyl (C=O) groups is 1. The second kappa shape index (κ2) is 3.92. The highest BCUT2D eigenvalue weighted by molar-refractivity contribution is 5.95. The highest BCUT2D eigenvalue weighted by Gasteiger charge is 2.24. The third-order valence-corrected chi connectivity index (χ3v) is 2.78. The Morgan fingerprint density at radius 1 is 1.50 bits per heavy atom. The summed E-state index contributed by atoms with van der Waals surface area (Å²) in [5, 5.41) is 10.6. The van der Waals surface area contributed by atoms with Gasteiger partial charge in [-0.25, -0.2) is 0 Å². The molecule has 1 saturated carbocycles. The number of nitrogens with two attached hydrogens (primary N) is 1. The summed E-state index contributed by atoms with van der Waals surface area (Å²) in [5.41, 5.74) is 6.23. The van der Waals surface area contributed by atoms with E-state index in [9.17, 15) is 14.9 Å². The van der Waals surface area contributed by atoms with Crippen molar-refractivity contribution in [3.8, 4) is 0 Å². The molecule has 0 radical (unpaired) electrons. The zero-order valence-corrected chi connectivity index (χ0v) is 8.68. The van der Waals surface area contributed by atoms with Crippen LogP contribution in [0.4, 0.5) is 5.69 Å². The summed E-state index contributed by atoms with van der Waals surface area (Å²) in [6, 6.07) is 4.32. The Hall–Kier alpha value is -1.91. The van der Waals surface area contributed by atoms with Gasteiger partial charge in [-0.05, 0) is 30.7 Å². The monoisotopic (exact) mass is 220 g/mol. The largest absolute Gasteiger partial charge is 0.366 e. The highest BCUT2D eigenvalue weighted by Crippen LogP contribution is 2.34. The van der Waals surface area contributed by atoms with E-state index < -0.39 is 10.8 Å². The molecule has 84 valence electrons. The third-order valence-electron chi connectivity index (χ3n) is 2.78. The molecule has 0 heterocycles. The number of rotatable bonds is 4. The van der Waals surface area contributed by atoms with E-state index >= 15 is 0 Å². The van der Waals surface area contributed by atoms with Gasteiger partial charge in [-0.2, -0.15) is 0 Å². The first-order chi connectivity index (χ1) is 7.58. The molecule has 1 aromatic rings. The predicted molar refractivity (Wildman–Crippen MR) is 58.0 cm³/mol. The van der Waals surface area contributed by atoms with Gasteiger partial charge in [0.15, 0.2) is 0 Å². The molecule has 0 aliphatic heterocycles. The number of hydrogen-bond donors (Lipinski definition) is 1. The molecule has 5 heteroatoms. The fourth-order valence-electron chi connectivity index (χ4n) is 1.72. The van der Waals surface area contributed by atoms with Crippen LogP contribution in [0.15, 0.2) is 18.2 Å². The quantitative estimate of drug-likeness (QED) is 0.618. The Balaban J connectivity index is 2.35. The zero-order chi connectivity index (χ0) is 11.7. The number of nitro groups is 1. The van der Waals surface area contributed by atoms with E-state index in [1.165, 1.54) is 12.1 Å². The second-order valence-electron chi connectivity index (χ2n) is 4.11. The standard InChI is InChI=1S/C11H12N2O3/c12-11(14)10-6-9(13(15)16)4-3-8(10)5-7-1-2-7/h3-4,6-7H,1-2,5H2,(H2,12,14). The first-order valence-corrected chi connectivity index (χ1v) is 5.15. The summed E-state index contributed by atoms with van der Waals surface area (Å²) in [6.45, 7) is 0. The number of non-ortho nitro benzene ring substituents is 1. The van der Waals surface area contributed by atoms with Gasteiger partial charge in [-0.1, -0.05) is 6.07 Å². The minimum Gasteiger partial charge on any atom is -0.366 e. The van der Waals surface area contributed by atoms with Crippen molar-refractivity contribution in [1.82, 2.24) is 0 Å². The van der Waals surface area contributed by atoms with Crippen molar-refractivity contribution in [2.45, 2.75) is 19.3 Å². The summed E-state index contributed by atoms with van der Waals surface area (Å²) in [4.78, 5) is 21.3. The molecule has 0 aromatic heterocycles. The number of benzene rings is 1. The van der Waals surface area contributed by atoms with E-state index in [0.717, 1.165) is 24.8 Å². The van der Waals surface area contributed by atoms with Gasteiger partial charge in [0.05, 0.1) is 4.92 Å². The molecule has 0 atom stereocenters. The highest BCUT2D eigenvalue weighted by atomic mass is 16.6. The molecule has 1 aliphatic rings. The average molecular weight is 220 g/mol.